The summed E-state index contributed by atoms with van der Waals surface area (Å²) in [5.41, 5.74) is 0. The zero-order valence-corrected chi connectivity index (χ0v) is 12.6. The first-order chi connectivity index (χ1) is 9.08. The number of halogens is 2. The van der Waals surface area contributed by atoms with E-state index in [9.17, 15) is 4.79 Å². The average Bonchev–Trinajstić information content (AvgIpc) is 2.82. The lowest BCUT2D eigenvalue weighted by Crippen LogP contribution is -2.37. The van der Waals surface area contributed by atoms with Crippen molar-refractivity contribution < 1.29 is 9.90 Å². The van der Waals surface area contributed by atoms with Crippen LogP contribution in [0.3, 0.4) is 0 Å². The molecular formula is C13H15Cl2NO2S. The number of carboxylic acids is 1. The van der Waals surface area contributed by atoms with Crippen LogP contribution >= 0.6 is 35.0 Å². The van der Waals surface area contributed by atoms with Gasteiger partial charge in [0, 0.05) is 22.2 Å². The number of aliphatic carboxylic acids is 1. The van der Waals surface area contributed by atoms with Crippen molar-refractivity contribution in [3.8, 4) is 0 Å². The lowest BCUT2D eigenvalue weighted by Gasteiger charge is -2.20. The molecule has 1 aliphatic rings. The summed E-state index contributed by atoms with van der Waals surface area (Å²) in [5, 5.41) is 10.4. The Hall–Kier alpha value is -0.420. The maximum Gasteiger partial charge on any atom is 0.320 e. The average molecular weight is 320 g/mol. The van der Waals surface area contributed by atoms with E-state index in [4.69, 9.17) is 28.3 Å². The number of thioether (sulfide) groups is 1. The largest absolute Gasteiger partial charge is 0.480 e. The highest BCUT2D eigenvalue weighted by Gasteiger charge is 2.29. The Morgan fingerprint density at radius 3 is 3.00 bits per heavy atom. The van der Waals surface area contributed by atoms with Gasteiger partial charge in [-0.1, -0.05) is 23.2 Å². The molecule has 1 atom stereocenters. The molecule has 1 aliphatic heterocycles. The van der Waals surface area contributed by atoms with Crippen LogP contribution in [0.25, 0.3) is 0 Å². The molecule has 1 aromatic rings. The summed E-state index contributed by atoms with van der Waals surface area (Å²) in [6.45, 7) is 1.62. The Bertz CT molecular complexity index is 470. The van der Waals surface area contributed by atoms with E-state index in [-0.39, 0.29) is 6.04 Å². The van der Waals surface area contributed by atoms with Crippen molar-refractivity contribution in [3.05, 3.63) is 28.2 Å². The minimum Gasteiger partial charge on any atom is -0.480 e. The topological polar surface area (TPSA) is 40.5 Å². The van der Waals surface area contributed by atoms with Crippen molar-refractivity contribution in [2.45, 2.75) is 23.8 Å². The Kier molecular flexibility index (Phi) is 5.39. The third-order valence-electron chi connectivity index (χ3n) is 3.18. The molecule has 19 heavy (non-hydrogen) atoms. The van der Waals surface area contributed by atoms with Crippen molar-refractivity contribution in [2.75, 3.05) is 18.8 Å². The van der Waals surface area contributed by atoms with Crippen LogP contribution in [0.1, 0.15) is 12.8 Å². The Morgan fingerprint density at radius 1 is 1.47 bits per heavy atom. The van der Waals surface area contributed by atoms with Gasteiger partial charge >= 0.3 is 5.97 Å². The smallest absolute Gasteiger partial charge is 0.320 e. The van der Waals surface area contributed by atoms with Crippen LogP contribution in [-0.2, 0) is 4.79 Å². The molecule has 1 fully saturated rings. The van der Waals surface area contributed by atoms with Gasteiger partial charge in [-0.25, -0.2) is 0 Å². The van der Waals surface area contributed by atoms with E-state index in [2.05, 4.69) is 0 Å². The van der Waals surface area contributed by atoms with Gasteiger partial charge in [0.25, 0.3) is 0 Å². The van der Waals surface area contributed by atoms with Crippen LogP contribution in [0.4, 0.5) is 0 Å². The predicted molar refractivity (Wildman–Crippen MR) is 79.4 cm³/mol. The molecule has 104 valence electrons. The molecule has 1 aromatic carbocycles. The maximum absolute atomic E-state index is 11.1. The minimum absolute atomic E-state index is 0.324. The van der Waals surface area contributed by atoms with Gasteiger partial charge in [-0.3, -0.25) is 9.69 Å². The zero-order valence-electron chi connectivity index (χ0n) is 10.3. The van der Waals surface area contributed by atoms with Crippen LogP contribution in [0.2, 0.25) is 10.0 Å². The summed E-state index contributed by atoms with van der Waals surface area (Å²) in [7, 11) is 0. The van der Waals surface area contributed by atoms with Gasteiger partial charge in [0.2, 0.25) is 0 Å². The number of nitrogens with zero attached hydrogens (tertiary/aromatic N) is 1. The summed E-state index contributed by atoms with van der Waals surface area (Å²) in [6.07, 6.45) is 1.71. The Labute approximate surface area is 126 Å². The van der Waals surface area contributed by atoms with E-state index in [1.54, 1.807) is 23.9 Å². The lowest BCUT2D eigenvalue weighted by atomic mass is 10.2. The fraction of sp³-hybridized carbons (Fsp3) is 0.462. The fourth-order valence-electron chi connectivity index (χ4n) is 2.23. The van der Waals surface area contributed by atoms with Crippen LogP contribution in [0.5, 0.6) is 0 Å². The zero-order chi connectivity index (χ0) is 13.8. The van der Waals surface area contributed by atoms with Crippen LogP contribution in [0, 0.1) is 0 Å². The molecule has 0 spiro atoms. The van der Waals surface area contributed by atoms with Crippen molar-refractivity contribution >= 4 is 40.9 Å². The van der Waals surface area contributed by atoms with Gasteiger partial charge in [0.15, 0.2) is 0 Å². The van der Waals surface area contributed by atoms with E-state index in [0.29, 0.717) is 10.0 Å². The molecule has 3 nitrogen and oxygen atoms in total. The first-order valence-electron chi connectivity index (χ1n) is 6.12. The third kappa shape index (κ3) is 4.02. The van der Waals surface area contributed by atoms with Crippen LogP contribution in [-0.4, -0.2) is 40.9 Å². The second-order valence-corrected chi connectivity index (χ2v) is 6.44. The van der Waals surface area contributed by atoms with Crippen molar-refractivity contribution in [1.29, 1.82) is 0 Å². The standard InChI is InChI=1S/C13H15Cl2NO2S/c14-9-3-4-10(15)12(8-9)19-7-6-16-5-1-2-11(16)13(17)18/h3-4,8,11H,1-2,5-7H2,(H,17,18). The molecule has 0 amide bonds. The van der Waals surface area contributed by atoms with E-state index in [1.165, 1.54) is 0 Å². The van der Waals surface area contributed by atoms with Gasteiger partial charge in [-0.2, -0.15) is 0 Å². The Morgan fingerprint density at radius 2 is 2.26 bits per heavy atom. The number of carbonyl (C=O) groups is 1. The van der Waals surface area contributed by atoms with E-state index in [0.717, 1.165) is 36.6 Å². The SMILES string of the molecule is O=C(O)C1CCCN1CCSc1cc(Cl)ccc1Cl. The molecule has 0 saturated carbocycles. The van der Waals surface area contributed by atoms with E-state index in [1.807, 2.05) is 11.0 Å². The first-order valence-corrected chi connectivity index (χ1v) is 7.87. The molecule has 1 unspecified atom stereocenters. The molecule has 6 heteroatoms. The third-order valence-corrected chi connectivity index (χ3v) is 4.89. The quantitative estimate of drug-likeness (QED) is 0.841. The summed E-state index contributed by atoms with van der Waals surface area (Å²) in [5.74, 6) is 0.0902. The second kappa shape index (κ2) is 6.84. The monoisotopic (exact) mass is 319 g/mol. The molecule has 0 bridgehead atoms. The number of rotatable bonds is 5. The Balaban J connectivity index is 1.86. The van der Waals surface area contributed by atoms with Gasteiger partial charge in [-0.05, 0) is 37.6 Å². The second-order valence-electron chi connectivity index (χ2n) is 4.46. The van der Waals surface area contributed by atoms with Gasteiger partial charge in [0.1, 0.15) is 6.04 Å². The first kappa shape index (κ1) is 15.0. The summed E-state index contributed by atoms with van der Waals surface area (Å²) >= 11 is 13.6. The number of likely N-dealkylation sites (tertiary alicyclic amines) is 1. The number of hydrogen-bond donors (Lipinski definition) is 1. The molecule has 2 rings (SSSR count). The summed E-state index contributed by atoms with van der Waals surface area (Å²) < 4.78 is 0. The van der Waals surface area contributed by atoms with Crippen LogP contribution in [0.15, 0.2) is 23.1 Å². The molecular weight excluding hydrogens is 305 g/mol. The van der Waals surface area contributed by atoms with E-state index < -0.39 is 5.97 Å². The number of carboxylic acid groups (broad SMARTS) is 1. The predicted octanol–water partition coefficient (Wildman–Crippen LogP) is 3.63. The van der Waals surface area contributed by atoms with E-state index >= 15 is 0 Å². The molecule has 1 saturated heterocycles. The van der Waals surface area contributed by atoms with Gasteiger partial charge < -0.3 is 5.11 Å². The summed E-state index contributed by atoms with van der Waals surface area (Å²) in [4.78, 5) is 14.0. The summed E-state index contributed by atoms with van der Waals surface area (Å²) in [6, 6.07) is 5.06. The van der Waals surface area contributed by atoms with Gasteiger partial charge in [0.05, 0.1) is 5.02 Å². The van der Waals surface area contributed by atoms with Crippen molar-refractivity contribution in [3.63, 3.8) is 0 Å². The lowest BCUT2D eigenvalue weighted by molar-refractivity contribution is -0.142. The minimum atomic E-state index is -0.719. The maximum atomic E-state index is 11.1. The molecule has 1 N–H and O–H groups in total. The fourth-order valence-corrected chi connectivity index (χ4v) is 3.71. The molecule has 0 aromatic heterocycles. The highest BCUT2D eigenvalue weighted by Crippen LogP contribution is 2.30. The number of benzene rings is 1. The van der Waals surface area contributed by atoms with Crippen molar-refractivity contribution in [2.24, 2.45) is 0 Å². The molecule has 0 aliphatic carbocycles. The highest BCUT2D eigenvalue weighted by molar-refractivity contribution is 7.99. The van der Waals surface area contributed by atoms with Gasteiger partial charge in [-0.15, -0.1) is 11.8 Å². The highest BCUT2D eigenvalue weighted by atomic mass is 35.5. The molecule has 0 radical (unpaired) electrons. The van der Waals surface area contributed by atoms with Crippen LogP contribution < -0.4 is 0 Å². The van der Waals surface area contributed by atoms with Crippen molar-refractivity contribution in [1.82, 2.24) is 4.90 Å². The normalized spacial score (nSPS) is 19.8. The number of hydrogen-bond acceptors (Lipinski definition) is 3. The molecule has 1 heterocycles.